The zero-order valence-electron chi connectivity index (χ0n) is 22.0. The SMILES string of the molecule is CCCCCCCCCCCC(OP(=O)(O)O)C(C)COC(C)COC(C)COCCCC. The number of hydrogen-bond donors (Lipinski definition) is 2. The normalized spacial score (nSPS) is 16.0. The molecule has 0 heterocycles. The lowest BCUT2D eigenvalue weighted by atomic mass is 9.99. The van der Waals surface area contributed by atoms with Crippen LogP contribution in [0.15, 0.2) is 0 Å². The second-order valence-corrected chi connectivity index (χ2v) is 10.6. The van der Waals surface area contributed by atoms with Gasteiger partial charge in [-0.1, -0.05) is 85.0 Å². The minimum absolute atomic E-state index is 0.00251. The molecule has 8 heteroatoms. The Kier molecular flexibility index (Phi) is 21.3. The first-order valence-corrected chi connectivity index (χ1v) is 14.8. The Morgan fingerprint density at radius 2 is 1.21 bits per heavy atom. The van der Waals surface area contributed by atoms with Gasteiger partial charge in [0.15, 0.2) is 0 Å². The van der Waals surface area contributed by atoms with E-state index in [1.807, 2.05) is 20.8 Å². The largest absolute Gasteiger partial charge is 0.469 e. The number of hydrogen-bond acceptors (Lipinski definition) is 5. The third kappa shape index (κ3) is 22.2. The zero-order valence-corrected chi connectivity index (χ0v) is 22.9. The van der Waals surface area contributed by atoms with E-state index in [1.54, 1.807) is 0 Å². The van der Waals surface area contributed by atoms with Gasteiger partial charge >= 0.3 is 7.82 Å². The van der Waals surface area contributed by atoms with Gasteiger partial charge in [-0.3, -0.25) is 4.52 Å². The number of rotatable bonds is 24. The molecule has 0 saturated carbocycles. The molecule has 0 aromatic carbocycles. The molecule has 0 saturated heterocycles. The van der Waals surface area contributed by atoms with Crippen LogP contribution in [-0.4, -0.2) is 54.5 Å². The van der Waals surface area contributed by atoms with Crippen molar-refractivity contribution in [1.82, 2.24) is 0 Å². The van der Waals surface area contributed by atoms with E-state index in [-0.39, 0.29) is 18.1 Å². The standard InChI is InChI=1S/C25H53O7P/c1-6-8-10-11-12-13-14-15-16-17-25(32-33(26,27)28)22(3)19-30-24(5)21-31-23(4)20-29-18-9-7-2/h22-25H,6-21H2,1-5H3,(H2,26,27,28). The van der Waals surface area contributed by atoms with Gasteiger partial charge in [0.05, 0.1) is 38.1 Å². The molecule has 0 aliphatic rings. The first-order chi connectivity index (χ1) is 15.7. The van der Waals surface area contributed by atoms with Crippen LogP contribution in [0.2, 0.25) is 0 Å². The maximum absolute atomic E-state index is 11.4. The van der Waals surface area contributed by atoms with Crippen LogP contribution in [0, 0.1) is 5.92 Å². The summed E-state index contributed by atoms with van der Waals surface area (Å²) in [6.07, 6.45) is 13.0. The summed E-state index contributed by atoms with van der Waals surface area (Å²) in [4.78, 5) is 18.6. The Morgan fingerprint density at radius 1 is 0.697 bits per heavy atom. The molecule has 0 spiro atoms. The van der Waals surface area contributed by atoms with E-state index in [2.05, 4.69) is 13.8 Å². The average Bonchev–Trinajstić information content (AvgIpc) is 2.76. The van der Waals surface area contributed by atoms with E-state index in [4.69, 9.17) is 18.7 Å². The first-order valence-electron chi connectivity index (χ1n) is 13.2. The first kappa shape index (κ1) is 33.0. The molecule has 2 N–H and O–H groups in total. The molecule has 0 radical (unpaired) electrons. The Labute approximate surface area is 203 Å². The summed E-state index contributed by atoms with van der Waals surface area (Å²) in [5.41, 5.74) is 0. The lowest BCUT2D eigenvalue weighted by Gasteiger charge is -2.26. The molecule has 4 unspecified atom stereocenters. The topological polar surface area (TPSA) is 94.5 Å². The summed E-state index contributed by atoms with van der Waals surface area (Å²) < 4.78 is 33.8. The number of phosphoric ester groups is 1. The maximum atomic E-state index is 11.4. The average molecular weight is 497 g/mol. The number of unbranched alkanes of at least 4 members (excludes halogenated alkanes) is 9. The van der Waals surface area contributed by atoms with Crippen LogP contribution in [0.3, 0.4) is 0 Å². The summed E-state index contributed by atoms with van der Waals surface area (Å²) in [6.45, 7) is 12.4. The quantitative estimate of drug-likeness (QED) is 0.114. The summed E-state index contributed by atoms with van der Waals surface area (Å²) >= 11 is 0. The Morgan fingerprint density at radius 3 is 1.79 bits per heavy atom. The predicted octanol–water partition coefficient (Wildman–Crippen LogP) is 6.65. The van der Waals surface area contributed by atoms with Gasteiger partial charge in [0, 0.05) is 12.5 Å². The molecule has 7 nitrogen and oxygen atoms in total. The van der Waals surface area contributed by atoms with Gasteiger partial charge in [-0.2, -0.15) is 0 Å². The summed E-state index contributed by atoms with van der Waals surface area (Å²) in [6, 6.07) is 0. The van der Waals surface area contributed by atoms with Crippen LogP contribution in [0.5, 0.6) is 0 Å². The van der Waals surface area contributed by atoms with Crippen LogP contribution < -0.4 is 0 Å². The van der Waals surface area contributed by atoms with Crippen molar-refractivity contribution >= 4 is 7.82 Å². The molecule has 0 fully saturated rings. The third-order valence-electron chi connectivity index (χ3n) is 5.75. The number of phosphoric acid groups is 1. The second-order valence-electron chi connectivity index (χ2n) is 9.45. The number of ether oxygens (including phenoxy) is 3. The minimum Gasteiger partial charge on any atom is -0.379 e. The van der Waals surface area contributed by atoms with Crippen LogP contribution in [0.4, 0.5) is 0 Å². The van der Waals surface area contributed by atoms with Crippen molar-refractivity contribution in [2.75, 3.05) is 26.4 Å². The summed E-state index contributed by atoms with van der Waals surface area (Å²) in [5.74, 6) is -0.121. The molecule has 0 rings (SSSR count). The highest BCUT2D eigenvalue weighted by Gasteiger charge is 2.27. The minimum atomic E-state index is -4.54. The second kappa shape index (κ2) is 21.3. The fraction of sp³-hybridized carbons (Fsp3) is 1.00. The van der Waals surface area contributed by atoms with Gasteiger partial charge in [-0.15, -0.1) is 0 Å². The highest BCUT2D eigenvalue weighted by atomic mass is 31.2. The van der Waals surface area contributed by atoms with Crippen LogP contribution in [0.25, 0.3) is 0 Å². The van der Waals surface area contributed by atoms with Crippen molar-refractivity contribution in [2.45, 2.75) is 130 Å². The lowest BCUT2D eigenvalue weighted by molar-refractivity contribution is -0.0698. The van der Waals surface area contributed by atoms with Crippen LogP contribution in [-0.2, 0) is 23.3 Å². The van der Waals surface area contributed by atoms with E-state index in [0.717, 1.165) is 38.7 Å². The Balaban J connectivity index is 4.17. The van der Waals surface area contributed by atoms with Crippen molar-refractivity contribution in [3.8, 4) is 0 Å². The molecule has 0 aliphatic heterocycles. The molecule has 0 bridgehead atoms. The Hall–Kier alpha value is -0.0100. The summed E-state index contributed by atoms with van der Waals surface area (Å²) in [7, 11) is -4.54. The monoisotopic (exact) mass is 496 g/mol. The van der Waals surface area contributed by atoms with E-state index in [0.29, 0.717) is 26.2 Å². The van der Waals surface area contributed by atoms with Crippen molar-refractivity contribution < 1.29 is 33.1 Å². The van der Waals surface area contributed by atoms with Crippen molar-refractivity contribution in [1.29, 1.82) is 0 Å². The molecule has 200 valence electrons. The highest BCUT2D eigenvalue weighted by Crippen LogP contribution is 2.40. The van der Waals surface area contributed by atoms with Crippen molar-refractivity contribution in [2.24, 2.45) is 5.92 Å². The fourth-order valence-corrected chi connectivity index (χ4v) is 4.25. The van der Waals surface area contributed by atoms with Gasteiger partial charge in [0.2, 0.25) is 0 Å². The molecule has 4 atom stereocenters. The fourth-order valence-electron chi connectivity index (χ4n) is 3.59. The molecule has 0 aliphatic carbocycles. The molecular weight excluding hydrogens is 443 g/mol. The lowest BCUT2D eigenvalue weighted by Crippen LogP contribution is -2.29. The van der Waals surface area contributed by atoms with E-state index < -0.39 is 13.9 Å². The van der Waals surface area contributed by atoms with Gasteiger partial charge in [0.1, 0.15) is 0 Å². The van der Waals surface area contributed by atoms with Gasteiger partial charge < -0.3 is 24.0 Å². The smallest absolute Gasteiger partial charge is 0.379 e. The highest BCUT2D eigenvalue weighted by molar-refractivity contribution is 7.46. The maximum Gasteiger partial charge on any atom is 0.469 e. The van der Waals surface area contributed by atoms with E-state index in [1.165, 1.54) is 38.5 Å². The molecule has 33 heavy (non-hydrogen) atoms. The van der Waals surface area contributed by atoms with Crippen molar-refractivity contribution in [3.63, 3.8) is 0 Å². The summed E-state index contributed by atoms with van der Waals surface area (Å²) in [5, 5.41) is 0. The van der Waals surface area contributed by atoms with Crippen molar-refractivity contribution in [3.05, 3.63) is 0 Å². The van der Waals surface area contributed by atoms with E-state index >= 15 is 0 Å². The third-order valence-corrected chi connectivity index (χ3v) is 6.30. The molecular formula is C25H53O7P. The predicted molar refractivity (Wildman–Crippen MR) is 134 cm³/mol. The van der Waals surface area contributed by atoms with E-state index in [9.17, 15) is 14.4 Å². The molecule has 0 aromatic rings. The van der Waals surface area contributed by atoms with Gasteiger partial charge in [-0.25, -0.2) is 4.57 Å². The molecule has 0 amide bonds. The van der Waals surface area contributed by atoms with Crippen LogP contribution >= 0.6 is 7.82 Å². The van der Waals surface area contributed by atoms with Gasteiger partial charge in [-0.05, 0) is 26.7 Å². The van der Waals surface area contributed by atoms with Crippen LogP contribution in [0.1, 0.15) is 112 Å². The zero-order chi connectivity index (χ0) is 25.0. The Bertz CT molecular complexity index is 472. The van der Waals surface area contributed by atoms with Gasteiger partial charge in [0.25, 0.3) is 0 Å². The molecule has 0 aromatic heterocycles.